The van der Waals surface area contributed by atoms with Crippen molar-refractivity contribution in [3.05, 3.63) is 35.5 Å². The molecule has 0 saturated carbocycles. The molecule has 0 aliphatic carbocycles. The Bertz CT molecular complexity index is 1090. The Balaban J connectivity index is 1.69. The fourth-order valence-electron chi connectivity index (χ4n) is 2.91. The molecule has 0 radical (unpaired) electrons. The summed E-state index contributed by atoms with van der Waals surface area (Å²) in [5, 5.41) is 11.8. The third-order valence-corrected chi connectivity index (χ3v) is 5.30. The minimum absolute atomic E-state index is 0.0122. The van der Waals surface area contributed by atoms with Crippen LogP contribution in [0.4, 0.5) is 5.82 Å². The molecule has 4 rings (SSSR count). The SMILES string of the molecule is CC(=O)NCCCc1nc2c(N)nc3cc(-c4ccn[nH]4)ccc3c2s1. The predicted molar refractivity (Wildman–Crippen MR) is 104 cm³/mol. The van der Waals surface area contributed by atoms with Crippen LogP contribution in [-0.2, 0) is 11.2 Å². The standard InChI is InChI=1S/C18H18N6OS/c1-10(25)20-7-2-3-15-23-16-17(26-15)12-5-4-11(13-6-8-21-24-13)9-14(12)22-18(16)19/h4-6,8-9H,2-3,7H2,1H3,(H2,19,22)(H,20,25)(H,21,24). The summed E-state index contributed by atoms with van der Waals surface area (Å²) in [6.07, 6.45) is 3.36. The van der Waals surface area contributed by atoms with Gasteiger partial charge in [0, 0.05) is 37.0 Å². The molecular formula is C18H18N6OS. The van der Waals surface area contributed by atoms with Gasteiger partial charge in [0.1, 0.15) is 5.52 Å². The third-order valence-electron chi connectivity index (χ3n) is 4.15. The van der Waals surface area contributed by atoms with Crippen molar-refractivity contribution in [3.63, 3.8) is 0 Å². The van der Waals surface area contributed by atoms with Gasteiger partial charge in [-0.3, -0.25) is 9.89 Å². The van der Waals surface area contributed by atoms with Gasteiger partial charge in [-0.1, -0.05) is 12.1 Å². The van der Waals surface area contributed by atoms with Gasteiger partial charge in [-0.25, -0.2) is 9.97 Å². The summed E-state index contributed by atoms with van der Waals surface area (Å²) >= 11 is 1.64. The molecule has 0 aliphatic heterocycles. The number of anilines is 1. The number of thiazole rings is 1. The van der Waals surface area contributed by atoms with E-state index in [2.05, 4.69) is 31.5 Å². The first-order chi connectivity index (χ1) is 12.6. The van der Waals surface area contributed by atoms with Crippen molar-refractivity contribution in [2.45, 2.75) is 19.8 Å². The highest BCUT2D eigenvalue weighted by molar-refractivity contribution is 7.19. The molecule has 0 saturated heterocycles. The van der Waals surface area contributed by atoms with Crippen molar-refractivity contribution in [2.24, 2.45) is 0 Å². The Morgan fingerprint density at radius 3 is 2.96 bits per heavy atom. The Morgan fingerprint density at radius 2 is 2.19 bits per heavy atom. The number of pyridine rings is 1. The second kappa shape index (κ2) is 6.72. The summed E-state index contributed by atoms with van der Waals surface area (Å²) < 4.78 is 1.05. The normalized spacial score (nSPS) is 11.3. The number of aromatic nitrogens is 4. The van der Waals surface area contributed by atoms with Gasteiger partial charge < -0.3 is 11.1 Å². The lowest BCUT2D eigenvalue weighted by Gasteiger charge is -2.03. The third kappa shape index (κ3) is 3.11. The summed E-state index contributed by atoms with van der Waals surface area (Å²) in [4.78, 5) is 20.1. The van der Waals surface area contributed by atoms with Gasteiger partial charge in [0.15, 0.2) is 5.82 Å². The van der Waals surface area contributed by atoms with Gasteiger partial charge in [0.05, 0.1) is 20.9 Å². The van der Waals surface area contributed by atoms with Crippen LogP contribution in [0, 0.1) is 0 Å². The number of carbonyl (C=O) groups excluding carboxylic acids is 1. The number of fused-ring (bicyclic) bond motifs is 3. The minimum atomic E-state index is -0.0122. The fraction of sp³-hybridized carbons (Fsp3) is 0.222. The van der Waals surface area contributed by atoms with E-state index in [-0.39, 0.29) is 5.91 Å². The number of hydrogen-bond donors (Lipinski definition) is 3. The van der Waals surface area contributed by atoms with E-state index in [4.69, 9.17) is 5.73 Å². The maximum Gasteiger partial charge on any atom is 0.216 e. The van der Waals surface area contributed by atoms with Crippen molar-refractivity contribution >= 4 is 44.2 Å². The Morgan fingerprint density at radius 1 is 1.31 bits per heavy atom. The van der Waals surface area contributed by atoms with Gasteiger partial charge in [-0.05, 0) is 18.6 Å². The minimum Gasteiger partial charge on any atom is -0.382 e. The highest BCUT2D eigenvalue weighted by atomic mass is 32.1. The van der Waals surface area contributed by atoms with Crippen molar-refractivity contribution in [3.8, 4) is 11.3 Å². The molecule has 0 atom stereocenters. The second-order valence-electron chi connectivity index (χ2n) is 6.07. The van der Waals surface area contributed by atoms with E-state index in [1.165, 1.54) is 6.92 Å². The number of aryl methyl sites for hydroxylation is 1. The lowest BCUT2D eigenvalue weighted by Crippen LogP contribution is -2.21. The van der Waals surface area contributed by atoms with Crippen LogP contribution in [0.2, 0.25) is 0 Å². The molecule has 0 bridgehead atoms. The first kappa shape index (κ1) is 16.5. The number of nitrogens with two attached hydrogens (primary N) is 1. The lowest BCUT2D eigenvalue weighted by molar-refractivity contribution is -0.118. The maximum atomic E-state index is 10.9. The van der Waals surface area contributed by atoms with Gasteiger partial charge in [-0.15, -0.1) is 11.3 Å². The van der Waals surface area contributed by atoms with Crippen LogP contribution in [-0.4, -0.2) is 32.6 Å². The van der Waals surface area contributed by atoms with Crippen LogP contribution in [0.25, 0.3) is 32.4 Å². The molecule has 0 spiro atoms. The number of amides is 1. The van der Waals surface area contributed by atoms with E-state index < -0.39 is 0 Å². The molecule has 1 aromatic carbocycles. The number of rotatable bonds is 5. The molecule has 0 aliphatic rings. The summed E-state index contributed by atoms with van der Waals surface area (Å²) in [6.45, 7) is 2.17. The molecule has 0 unspecified atom stereocenters. The van der Waals surface area contributed by atoms with E-state index in [0.717, 1.165) is 50.2 Å². The first-order valence-corrected chi connectivity index (χ1v) is 9.16. The van der Waals surface area contributed by atoms with Crippen molar-refractivity contribution < 1.29 is 4.79 Å². The number of nitrogen functional groups attached to an aromatic ring is 1. The molecule has 26 heavy (non-hydrogen) atoms. The second-order valence-corrected chi connectivity index (χ2v) is 7.15. The molecule has 1 amide bonds. The average Bonchev–Trinajstić information content (AvgIpc) is 3.28. The molecule has 132 valence electrons. The van der Waals surface area contributed by atoms with Crippen molar-refractivity contribution in [1.82, 2.24) is 25.5 Å². The first-order valence-electron chi connectivity index (χ1n) is 8.34. The Kier molecular flexibility index (Phi) is 4.26. The molecule has 8 heteroatoms. The summed E-state index contributed by atoms with van der Waals surface area (Å²) in [5.74, 6) is 0.431. The summed E-state index contributed by atoms with van der Waals surface area (Å²) in [5.41, 5.74) is 9.71. The largest absolute Gasteiger partial charge is 0.382 e. The molecule has 4 N–H and O–H groups in total. The zero-order valence-corrected chi connectivity index (χ0v) is 15.1. The zero-order valence-electron chi connectivity index (χ0n) is 14.2. The maximum absolute atomic E-state index is 10.9. The average molecular weight is 366 g/mol. The quantitative estimate of drug-likeness (QED) is 0.471. The van der Waals surface area contributed by atoms with Crippen LogP contribution in [0.3, 0.4) is 0 Å². The molecule has 3 heterocycles. The lowest BCUT2D eigenvalue weighted by atomic mass is 10.1. The van der Waals surface area contributed by atoms with Gasteiger partial charge >= 0.3 is 0 Å². The van der Waals surface area contributed by atoms with Gasteiger partial charge in [0.2, 0.25) is 5.91 Å². The Hall–Kier alpha value is -3.00. The fourth-order valence-corrected chi connectivity index (χ4v) is 4.06. The number of carbonyl (C=O) groups is 1. The van der Waals surface area contributed by atoms with E-state index in [1.54, 1.807) is 17.5 Å². The number of benzene rings is 1. The van der Waals surface area contributed by atoms with E-state index in [0.29, 0.717) is 12.4 Å². The van der Waals surface area contributed by atoms with Gasteiger partial charge in [-0.2, -0.15) is 5.10 Å². The van der Waals surface area contributed by atoms with Crippen LogP contribution in [0.1, 0.15) is 18.4 Å². The molecule has 3 aromatic heterocycles. The number of nitrogens with zero attached hydrogens (tertiary/aromatic N) is 3. The molecule has 7 nitrogen and oxygen atoms in total. The highest BCUT2D eigenvalue weighted by Gasteiger charge is 2.13. The number of H-pyrrole nitrogens is 1. The monoisotopic (exact) mass is 366 g/mol. The smallest absolute Gasteiger partial charge is 0.216 e. The summed E-state index contributed by atoms with van der Waals surface area (Å²) in [7, 11) is 0. The van der Waals surface area contributed by atoms with Crippen molar-refractivity contribution in [1.29, 1.82) is 0 Å². The highest BCUT2D eigenvalue weighted by Crippen LogP contribution is 2.34. The van der Waals surface area contributed by atoms with E-state index in [9.17, 15) is 4.79 Å². The van der Waals surface area contributed by atoms with Gasteiger partial charge in [0.25, 0.3) is 0 Å². The molecule has 0 fully saturated rings. The zero-order chi connectivity index (χ0) is 18.1. The van der Waals surface area contributed by atoms with Crippen LogP contribution >= 0.6 is 11.3 Å². The van der Waals surface area contributed by atoms with Crippen LogP contribution in [0.5, 0.6) is 0 Å². The number of hydrogen-bond acceptors (Lipinski definition) is 6. The topological polar surface area (TPSA) is 110 Å². The molecular weight excluding hydrogens is 348 g/mol. The predicted octanol–water partition coefficient (Wildman–Crippen LogP) is 2.89. The van der Waals surface area contributed by atoms with Crippen molar-refractivity contribution in [2.75, 3.05) is 12.3 Å². The van der Waals surface area contributed by atoms with E-state index >= 15 is 0 Å². The van der Waals surface area contributed by atoms with Crippen LogP contribution in [0.15, 0.2) is 30.5 Å². The number of nitrogens with one attached hydrogen (secondary N) is 2. The van der Waals surface area contributed by atoms with Crippen LogP contribution < -0.4 is 11.1 Å². The molecule has 4 aromatic rings. The number of aromatic amines is 1. The Labute approximate surface area is 153 Å². The summed E-state index contributed by atoms with van der Waals surface area (Å²) in [6, 6.07) is 8.03. The van der Waals surface area contributed by atoms with E-state index in [1.807, 2.05) is 18.2 Å².